The molecule has 1 aliphatic carbocycles. The summed E-state index contributed by atoms with van der Waals surface area (Å²) in [6.07, 6.45) is 3.54. The molecule has 0 radical (unpaired) electrons. The van der Waals surface area contributed by atoms with Gasteiger partial charge in [0.25, 0.3) is 0 Å². The molecule has 0 heterocycles. The second-order valence-electron chi connectivity index (χ2n) is 3.38. The van der Waals surface area contributed by atoms with Crippen LogP contribution >= 0.6 is 0 Å². The fourth-order valence-electron chi connectivity index (χ4n) is 1.51. The molecule has 0 aromatic heterocycles. The number of carbonyl (C=O) groups is 1. The summed E-state index contributed by atoms with van der Waals surface area (Å²) in [5.41, 5.74) is 0. The quantitative estimate of drug-likeness (QED) is 0.443. The molecule has 0 amide bonds. The third-order valence-electron chi connectivity index (χ3n) is 2.24. The van der Waals surface area contributed by atoms with Gasteiger partial charge in [-0.05, 0) is 25.7 Å². The van der Waals surface area contributed by atoms with E-state index in [0.717, 1.165) is 19.3 Å². The molecule has 1 aliphatic rings. The van der Waals surface area contributed by atoms with Crippen LogP contribution in [-0.2, 0) is 25.7 Å². The predicted molar refractivity (Wildman–Crippen MR) is 49.4 cm³/mol. The van der Waals surface area contributed by atoms with E-state index in [4.69, 9.17) is 9.44 Å². The molecule has 1 atom stereocenters. The molecule has 5 nitrogen and oxygen atoms in total. The first-order valence-corrected chi connectivity index (χ1v) is 5.65. The van der Waals surface area contributed by atoms with Gasteiger partial charge in [-0.3, -0.25) is 4.89 Å². The molecule has 1 saturated carbocycles. The number of hydrogen-bond donors (Lipinski definition) is 1. The molecular formula is C8H14O5S. The van der Waals surface area contributed by atoms with Crippen LogP contribution in [0.1, 0.15) is 39.0 Å². The third-order valence-corrected chi connectivity index (χ3v) is 3.36. The summed E-state index contributed by atoms with van der Waals surface area (Å²) in [4.78, 5) is 18.5. The minimum absolute atomic E-state index is 0.448. The SMILES string of the molecule is CC(=O)OOC1(S(=O)O)CCCCC1. The van der Waals surface area contributed by atoms with E-state index in [0.29, 0.717) is 12.8 Å². The Balaban J connectivity index is 2.60. The third kappa shape index (κ3) is 2.76. The molecule has 14 heavy (non-hydrogen) atoms. The van der Waals surface area contributed by atoms with Crippen molar-refractivity contribution in [3.05, 3.63) is 0 Å². The molecule has 0 spiro atoms. The lowest BCUT2D eigenvalue weighted by atomic mass is 9.97. The van der Waals surface area contributed by atoms with Gasteiger partial charge in [-0.2, -0.15) is 4.89 Å². The second-order valence-corrected chi connectivity index (χ2v) is 4.62. The Bertz CT molecular complexity index is 234. The normalized spacial score (nSPS) is 22.7. The summed E-state index contributed by atoms with van der Waals surface area (Å²) >= 11 is -2.13. The summed E-state index contributed by atoms with van der Waals surface area (Å²) in [6.45, 7) is 1.19. The Morgan fingerprint density at radius 1 is 1.36 bits per heavy atom. The zero-order valence-corrected chi connectivity index (χ0v) is 8.84. The zero-order valence-electron chi connectivity index (χ0n) is 8.02. The highest BCUT2D eigenvalue weighted by molar-refractivity contribution is 7.80. The van der Waals surface area contributed by atoms with E-state index in [9.17, 15) is 9.00 Å². The lowest BCUT2D eigenvalue weighted by Crippen LogP contribution is -2.39. The van der Waals surface area contributed by atoms with Crippen LogP contribution in [0.15, 0.2) is 0 Å². The highest BCUT2D eigenvalue weighted by Gasteiger charge is 2.41. The van der Waals surface area contributed by atoms with Gasteiger partial charge in [-0.25, -0.2) is 9.00 Å². The van der Waals surface area contributed by atoms with Gasteiger partial charge in [0.2, 0.25) is 4.93 Å². The molecule has 0 aromatic carbocycles. The van der Waals surface area contributed by atoms with E-state index in [-0.39, 0.29) is 0 Å². The van der Waals surface area contributed by atoms with Crippen molar-refractivity contribution in [2.45, 2.75) is 44.0 Å². The van der Waals surface area contributed by atoms with Crippen LogP contribution in [-0.4, -0.2) is 19.7 Å². The highest BCUT2D eigenvalue weighted by Crippen LogP contribution is 2.34. The molecule has 0 saturated heterocycles. The topological polar surface area (TPSA) is 72.8 Å². The van der Waals surface area contributed by atoms with Gasteiger partial charge in [-0.1, -0.05) is 6.42 Å². The van der Waals surface area contributed by atoms with E-state index in [1.54, 1.807) is 0 Å². The minimum atomic E-state index is -2.13. The Morgan fingerprint density at radius 2 is 1.93 bits per heavy atom. The molecule has 0 bridgehead atoms. The maximum absolute atomic E-state index is 11.1. The van der Waals surface area contributed by atoms with Crippen LogP contribution < -0.4 is 0 Å². The van der Waals surface area contributed by atoms with E-state index in [1.165, 1.54) is 6.92 Å². The largest absolute Gasteiger partial charge is 0.339 e. The van der Waals surface area contributed by atoms with Gasteiger partial charge in [0.15, 0.2) is 11.1 Å². The van der Waals surface area contributed by atoms with Crippen molar-refractivity contribution < 1.29 is 23.3 Å². The number of carbonyl (C=O) groups excluding carboxylic acids is 1. The van der Waals surface area contributed by atoms with Crippen molar-refractivity contribution in [3.63, 3.8) is 0 Å². The fraction of sp³-hybridized carbons (Fsp3) is 0.875. The zero-order chi connectivity index (χ0) is 10.6. The summed E-state index contributed by atoms with van der Waals surface area (Å²) in [5.74, 6) is -0.611. The summed E-state index contributed by atoms with van der Waals surface area (Å²) < 4.78 is 20.2. The van der Waals surface area contributed by atoms with Crippen molar-refractivity contribution in [2.24, 2.45) is 0 Å². The van der Waals surface area contributed by atoms with Crippen LogP contribution in [0.4, 0.5) is 0 Å². The summed E-state index contributed by atoms with van der Waals surface area (Å²) in [5, 5.41) is 0. The molecular weight excluding hydrogens is 208 g/mol. The standard InChI is InChI=1S/C8H14O5S/c1-7(9)12-13-8(14(10)11)5-3-2-4-6-8/h2-6H2,1H3,(H,10,11). The van der Waals surface area contributed by atoms with E-state index in [2.05, 4.69) is 4.89 Å². The lowest BCUT2D eigenvalue weighted by Gasteiger charge is -2.30. The van der Waals surface area contributed by atoms with Gasteiger partial charge in [0.1, 0.15) is 0 Å². The van der Waals surface area contributed by atoms with E-state index in [1.807, 2.05) is 0 Å². The van der Waals surface area contributed by atoms with Gasteiger partial charge < -0.3 is 4.55 Å². The average molecular weight is 222 g/mol. The fourth-order valence-corrected chi connectivity index (χ4v) is 2.24. The average Bonchev–Trinajstić information content (AvgIpc) is 2.16. The molecule has 6 heteroatoms. The molecule has 1 unspecified atom stereocenters. The first kappa shape index (κ1) is 11.6. The van der Waals surface area contributed by atoms with E-state index >= 15 is 0 Å². The van der Waals surface area contributed by atoms with Gasteiger partial charge in [0.05, 0.1) is 0 Å². The lowest BCUT2D eigenvalue weighted by molar-refractivity contribution is -0.313. The van der Waals surface area contributed by atoms with Gasteiger partial charge in [0, 0.05) is 6.92 Å². The molecule has 1 N–H and O–H groups in total. The molecule has 0 aromatic rings. The van der Waals surface area contributed by atoms with Crippen molar-refractivity contribution in [2.75, 3.05) is 0 Å². The number of rotatable bonds is 3. The Hall–Kier alpha value is -0.460. The minimum Gasteiger partial charge on any atom is -0.304 e. The highest BCUT2D eigenvalue weighted by atomic mass is 32.2. The molecule has 82 valence electrons. The van der Waals surface area contributed by atoms with E-state index < -0.39 is 22.0 Å². The van der Waals surface area contributed by atoms with Crippen molar-refractivity contribution in [1.82, 2.24) is 0 Å². The predicted octanol–water partition coefficient (Wildman–Crippen LogP) is 1.36. The van der Waals surface area contributed by atoms with Gasteiger partial charge in [-0.15, -0.1) is 0 Å². The number of hydrogen-bond acceptors (Lipinski definition) is 4. The molecule has 0 aliphatic heterocycles. The van der Waals surface area contributed by atoms with Crippen LogP contribution in [0.5, 0.6) is 0 Å². The Morgan fingerprint density at radius 3 is 2.36 bits per heavy atom. The molecule has 1 fully saturated rings. The monoisotopic (exact) mass is 222 g/mol. The van der Waals surface area contributed by atoms with Gasteiger partial charge >= 0.3 is 5.97 Å². The maximum Gasteiger partial charge on any atom is 0.339 e. The van der Waals surface area contributed by atoms with Crippen molar-refractivity contribution in [3.8, 4) is 0 Å². The molecule has 1 rings (SSSR count). The van der Waals surface area contributed by atoms with Crippen LogP contribution in [0, 0.1) is 0 Å². The van der Waals surface area contributed by atoms with Crippen LogP contribution in [0.25, 0.3) is 0 Å². The first-order valence-electron chi connectivity index (χ1n) is 4.54. The van der Waals surface area contributed by atoms with Crippen LogP contribution in [0.3, 0.4) is 0 Å². The van der Waals surface area contributed by atoms with Crippen molar-refractivity contribution >= 4 is 17.0 Å². The van der Waals surface area contributed by atoms with Crippen molar-refractivity contribution in [1.29, 1.82) is 0 Å². The summed E-state index contributed by atoms with van der Waals surface area (Å²) in [7, 11) is 0. The smallest absolute Gasteiger partial charge is 0.304 e. The second kappa shape index (κ2) is 4.86. The summed E-state index contributed by atoms with van der Waals surface area (Å²) in [6, 6.07) is 0. The first-order chi connectivity index (χ1) is 6.57. The Labute approximate surface area is 85.0 Å². The van der Waals surface area contributed by atoms with Crippen LogP contribution in [0.2, 0.25) is 0 Å². The Kier molecular flexibility index (Phi) is 4.03. The maximum atomic E-state index is 11.1.